The Kier molecular flexibility index (Phi) is 7.66. The lowest BCUT2D eigenvalue weighted by molar-refractivity contribution is 0.0912. The van der Waals surface area contributed by atoms with Crippen molar-refractivity contribution >= 4 is 5.78 Å². The summed E-state index contributed by atoms with van der Waals surface area (Å²) >= 11 is 0. The lowest BCUT2D eigenvalue weighted by atomic mass is 10.0. The average Bonchev–Trinajstić information content (AvgIpc) is 2.38. The second kappa shape index (κ2) is 8.99. The number of rotatable bonds is 9. The van der Waals surface area contributed by atoms with Crippen molar-refractivity contribution in [3.05, 3.63) is 35.4 Å². The molecule has 0 amide bonds. The van der Waals surface area contributed by atoms with Crippen molar-refractivity contribution in [2.75, 3.05) is 19.6 Å². The fourth-order valence-corrected chi connectivity index (χ4v) is 2.68. The van der Waals surface area contributed by atoms with E-state index in [9.17, 15) is 4.79 Å². The maximum absolute atomic E-state index is 12.4. The number of aryl methyl sites for hydroxylation is 1. The van der Waals surface area contributed by atoms with E-state index in [2.05, 4.69) is 51.7 Å². The molecule has 0 radical (unpaired) electrons. The Morgan fingerprint density at radius 2 is 1.52 bits per heavy atom. The fraction of sp³-hybridized carbons (Fsp3) is 0.632. The third-order valence-corrected chi connectivity index (χ3v) is 3.43. The van der Waals surface area contributed by atoms with Crippen LogP contribution in [0.4, 0.5) is 0 Å². The average molecular weight is 289 g/mol. The molecule has 1 aromatic carbocycles. The number of ketones is 1. The van der Waals surface area contributed by atoms with Crippen LogP contribution < -0.4 is 0 Å². The van der Waals surface area contributed by atoms with Gasteiger partial charge in [-0.15, -0.1) is 0 Å². The van der Waals surface area contributed by atoms with Crippen LogP contribution in [-0.4, -0.2) is 30.3 Å². The number of nitrogens with zero attached hydrogens (tertiary/aromatic N) is 1. The zero-order chi connectivity index (χ0) is 15.8. The highest BCUT2D eigenvalue weighted by atomic mass is 16.1. The summed E-state index contributed by atoms with van der Waals surface area (Å²) in [6, 6.07) is 8.14. The number of hydrogen-bond acceptors (Lipinski definition) is 2. The molecule has 0 saturated heterocycles. The van der Waals surface area contributed by atoms with Crippen molar-refractivity contribution < 1.29 is 4.79 Å². The third kappa shape index (κ3) is 6.90. The molecule has 0 unspecified atom stereocenters. The number of Topliss-reactive ketones (excluding diaryl/α,β-unsaturated/α-hetero) is 1. The van der Waals surface area contributed by atoms with E-state index in [0.29, 0.717) is 18.4 Å². The molecule has 0 N–H and O–H groups in total. The van der Waals surface area contributed by atoms with Crippen molar-refractivity contribution in [1.29, 1.82) is 0 Å². The molecule has 0 saturated carbocycles. The first-order valence-electron chi connectivity index (χ1n) is 8.26. The van der Waals surface area contributed by atoms with Crippen molar-refractivity contribution in [3.8, 4) is 0 Å². The van der Waals surface area contributed by atoms with Gasteiger partial charge < -0.3 is 0 Å². The van der Waals surface area contributed by atoms with Crippen molar-refractivity contribution in [1.82, 2.24) is 4.90 Å². The molecular formula is C19H31NO. The van der Waals surface area contributed by atoms with E-state index in [1.54, 1.807) is 0 Å². The van der Waals surface area contributed by atoms with Crippen LogP contribution in [0.15, 0.2) is 24.3 Å². The van der Waals surface area contributed by atoms with Gasteiger partial charge in [-0.1, -0.05) is 65.3 Å². The summed E-state index contributed by atoms with van der Waals surface area (Å²) in [5, 5.41) is 0. The van der Waals surface area contributed by atoms with E-state index in [1.165, 1.54) is 5.56 Å². The Balaban J connectivity index is 2.67. The lowest BCUT2D eigenvalue weighted by Gasteiger charge is -2.25. The molecule has 1 rings (SSSR count). The zero-order valence-corrected chi connectivity index (χ0v) is 14.4. The van der Waals surface area contributed by atoms with E-state index < -0.39 is 0 Å². The maximum Gasteiger partial charge on any atom is 0.176 e. The van der Waals surface area contributed by atoms with Crippen molar-refractivity contribution in [2.45, 2.75) is 47.5 Å². The predicted molar refractivity (Wildman–Crippen MR) is 90.9 cm³/mol. The van der Waals surface area contributed by atoms with Crippen LogP contribution in [0.2, 0.25) is 0 Å². The van der Waals surface area contributed by atoms with Gasteiger partial charge in [0.05, 0.1) is 6.54 Å². The molecule has 0 bridgehead atoms. The van der Waals surface area contributed by atoms with Crippen LogP contribution in [0, 0.1) is 11.8 Å². The van der Waals surface area contributed by atoms with Gasteiger partial charge in [0, 0.05) is 18.7 Å². The summed E-state index contributed by atoms with van der Waals surface area (Å²) in [7, 11) is 0. The molecule has 0 aliphatic rings. The molecule has 2 nitrogen and oxygen atoms in total. The molecule has 1 aromatic rings. The highest BCUT2D eigenvalue weighted by Gasteiger charge is 2.15. The van der Waals surface area contributed by atoms with Gasteiger partial charge in [-0.25, -0.2) is 0 Å². The summed E-state index contributed by atoms with van der Waals surface area (Å²) < 4.78 is 0. The number of benzene rings is 1. The normalized spacial score (nSPS) is 11.6. The Bertz CT molecular complexity index is 410. The minimum absolute atomic E-state index is 0.236. The van der Waals surface area contributed by atoms with Gasteiger partial charge >= 0.3 is 0 Å². The molecule has 0 heterocycles. The smallest absolute Gasteiger partial charge is 0.176 e. The maximum atomic E-state index is 12.4. The van der Waals surface area contributed by atoms with Crippen LogP contribution in [0.5, 0.6) is 0 Å². The first-order valence-corrected chi connectivity index (χ1v) is 8.26. The van der Waals surface area contributed by atoms with Gasteiger partial charge in [-0.2, -0.15) is 0 Å². The summed E-state index contributed by atoms with van der Waals surface area (Å²) in [5.74, 6) is 1.41. The van der Waals surface area contributed by atoms with Crippen molar-refractivity contribution in [2.24, 2.45) is 11.8 Å². The standard InChI is InChI=1S/C19H31NO/c1-6-7-17-8-10-18(11-9-17)19(21)14-20(12-15(2)3)13-16(4)5/h8-11,15-16H,6-7,12-14H2,1-5H3. The molecule has 0 aromatic heterocycles. The van der Waals surface area contributed by atoms with E-state index in [-0.39, 0.29) is 5.78 Å². The van der Waals surface area contributed by atoms with Gasteiger partial charge in [0.25, 0.3) is 0 Å². The molecule has 118 valence electrons. The van der Waals surface area contributed by atoms with Gasteiger partial charge in [-0.3, -0.25) is 9.69 Å². The Labute approximate surface area is 130 Å². The molecule has 0 spiro atoms. The Morgan fingerprint density at radius 3 is 1.95 bits per heavy atom. The van der Waals surface area contributed by atoms with E-state index in [4.69, 9.17) is 0 Å². The Hall–Kier alpha value is -1.15. The van der Waals surface area contributed by atoms with Crippen molar-refractivity contribution in [3.63, 3.8) is 0 Å². The van der Waals surface area contributed by atoms with Gasteiger partial charge in [0.2, 0.25) is 0 Å². The Morgan fingerprint density at radius 1 is 1.00 bits per heavy atom. The van der Waals surface area contributed by atoms with E-state index >= 15 is 0 Å². The molecule has 0 atom stereocenters. The number of carbonyl (C=O) groups excluding carboxylic acids is 1. The van der Waals surface area contributed by atoms with Crippen LogP contribution in [0.25, 0.3) is 0 Å². The summed E-state index contributed by atoms with van der Waals surface area (Å²) in [4.78, 5) is 14.7. The molecule has 0 fully saturated rings. The molecular weight excluding hydrogens is 258 g/mol. The molecule has 2 heteroatoms. The fourth-order valence-electron chi connectivity index (χ4n) is 2.68. The molecule has 0 aliphatic heterocycles. The SMILES string of the molecule is CCCc1ccc(C(=O)CN(CC(C)C)CC(C)C)cc1. The predicted octanol–water partition coefficient (Wildman–Crippen LogP) is 4.44. The largest absolute Gasteiger partial charge is 0.295 e. The van der Waals surface area contributed by atoms with Crippen LogP contribution in [-0.2, 0) is 6.42 Å². The monoisotopic (exact) mass is 289 g/mol. The summed E-state index contributed by atoms with van der Waals surface area (Å²) in [5.41, 5.74) is 2.16. The second-order valence-electron chi connectivity index (χ2n) is 6.85. The van der Waals surface area contributed by atoms with E-state index in [0.717, 1.165) is 31.5 Å². The molecule has 0 aliphatic carbocycles. The first kappa shape index (κ1) is 17.9. The highest BCUT2D eigenvalue weighted by Crippen LogP contribution is 2.10. The van der Waals surface area contributed by atoms with Gasteiger partial charge in [0.1, 0.15) is 0 Å². The lowest BCUT2D eigenvalue weighted by Crippen LogP contribution is -2.35. The number of carbonyl (C=O) groups is 1. The third-order valence-electron chi connectivity index (χ3n) is 3.43. The zero-order valence-electron chi connectivity index (χ0n) is 14.4. The van der Waals surface area contributed by atoms with Crippen LogP contribution >= 0.6 is 0 Å². The minimum Gasteiger partial charge on any atom is -0.295 e. The summed E-state index contributed by atoms with van der Waals surface area (Å²) in [6.45, 7) is 13.5. The summed E-state index contributed by atoms with van der Waals surface area (Å²) in [6.07, 6.45) is 2.23. The highest BCUT2D eigenvalue weighted by molar-refractivity contribution is 5.97. The quantitative estimate of drug-likeness (QED) is 0.627. The minimum atomic E-state index is 0.236. The van der Waals surface area contributed by atoms with E-state index in [1.807, 2.05) is 12.1 Å². The van der Waals surface area contributed by atoms with Crippen LogP contribution in [0.1, 0.15) is 57.0 Å². The second-order valence-corrected chi connectivity index (χ2v) is 6.85. The molecule has 21 heavy (non-hydrogen) atoms. The first-order chi connectivity index (χ1) is 9.92. The topological polar surface area (TPSA) is 20.3 Å². The number of hydrogen-bond donors (Lipinski definition) is 0. The van der Waals surface area contributed by atoms with Gasteiger partial charge in [-0.05, 0) is 23.8 Å². The van der Waals surface area contributed by atoms with Gasteiger partial charge in [0.15, 0.2) is 5.78 Å². The van der Waals surface area contributed by atoms with Crippen LogP contribution in [0.3, 0.4) is 0 Å².